The summed E-state index contributed by atoms with van der Waals surface area (Å²) < 4.78 is 32.1. The number of hydrogen-bond donors (Lipinski definition) is 0. The van der Waals surface area contributed by atoms with E-state index >= 15 is 0 Å². The fourth-order valence-corrected chi connectivity index (χ4v) is 4.17. The number of ether oxygens (including phenoxy) is 1. The highest BCUT2D eigenvalue weighted by Gasteiger charge is 2.24. The molecule has 6 nitrogen and oxygen atoms in total. The third kappa shape index (κ3) is 3.73. The number of amides is 1. The first-order chi connectivity index (χ1) is 12.4. The van der Waals surface area contributed by atoms with Crippen molar-refractivity contribution in [3.8, 4) is 5.75 Å². The van der Waals surface area contributed by atoms with Crippen molar-refractivity contribution in [1.29, 1.82) is 0 Å². The summed E-state index contributed by atoms with van der Waals surface area (Å²) in [7, 11) is -0.498. The van der Waals surface area contributed by atoms with Crippen molar-refractivity contribution in [2.24, 2.45) is 0 Å². The van der Waals surface area contributed by atoms with E-state index in [-0.39, 0.29) is 17.3 Å². The van der Waals surface area contributed by atoms with Crippen molar-refractivity contribution < 1.29 is 17.9 Å². The molecule has 0 bridgehead atoms. The zero-order valence-electron chi connectivity index (χ0n) is 14.9. The number of rotatable bonds is 6. The maximum Gasteiger partial charge on any atom is 0.243 e. The predicted octanol–water partition coefficient (Wildman–Crippen LogP) is 2.64. The van der Waals surface area contributed by atoms with E-state index in [9.17, 15) is 13.2 Å². The standard InChI is InChI=1S/C19H22N2O4S/c1-20(14-15-5-3-6-17(13-15)25-2)26(23,24)18-10-8-16(9-11-18)21-12-4-7-19(21)22/h3,5-6,8-11,13H,4,7,12,14H2,1-2H3. The Labute approximate surface area is 154 Å². The molecule has 0 saturated carbocycles. The highest BCUT2D eigenvalue weighted by Crippen LogP contribution is 2.25. The van der Waals surface area contributed by atoms with E-state index in [4.69, 9.17) is 4.74 Å². The number of benzene rings is 2. The second-order valence-electron chi connectivity index (χ2n) is 6.26. The molecule has 0 unspecified atom stereocenters. The zero-order valence-corrected chi connectivity index (χ0v) is 15.7. The van der Waals surface area contributed by atoms with Crippen molar-refractivity contribution in [3.05, 3.63) is 54.1 Å². The first-order valence-corrected chi connectivity index (χ1v) is 9.85. The number of anilines is 1. The van der Waals surface area contributed by atoms with E-state index in [1.54, 1.807) is 43.3 Å². The van der Waals surface area contributed by atoms with Crippen molar-refractivity contribution in [2.45, 2.75) is 24.3 Å². The van der Waals surface area contributed by atoms with Crippen LogP contribution in [-0.4, -0.2) is 39.3 Å². The Morgan fingerprint density at radius 3 is 2.50 bits per heavy atom. The maximum absolute atomic E-state index is 12.8. The molecule has 0 spiro atoms. The van der Waals surface area contributed by atoms with Crippen LogP contribution < -0.4 is 9.64 Å². The molecule has 1 fully saturated rings. The highest BCUT2D eigenvalue weighted by molar-refractivity contribution is 7.89. The topological polar surface area (TPSA) is 66.9 Å². The summed E-state index contributed by atoms with van der Waals surface area (Å²) in [6, 6.07) is 13.8. The highest BCUT2D eigenvalue weighted by atomic mass is 32.2. The van der Waals surface area contributed by atoms with E-state index < -0.39 is 10.0 Å². The summed E-state index contributed by atoms with van der Waals surface area (Å²) in [5.41, 5.74) is 1.58. The summed E-state index contributed by atoms with van der Waals surface area (Å²) in [4.78, 5) is 13.7. The summed E-state index contributed by atoms with van der Waals surface area (Å²) in [6.07, 6.45) is 1.38. The molecule has 0 aromatic heterocycles. The van der Waals surface area contributed by atoms with Gasteiger partial charge in [-0.3, -0.25) is 4.79 Å². The van der Waals surface area contributed by atoms with Crippen molar-refractivity contribution in [2.75, 3.05) is 25.6 Å². The third-order valence-electron chi connectivity index (χ3n) is 4.47. The molecule has 138 valence electrons. The lowest BCUT2D eigenvalue weighted by Crippen LogP contribution is -2.27. The monoisotopic (exact) mass is 374 g/mol. The van der Waals surface area contributed by atoms with Gasteiger partial charge in [-0.05, 0) is 48.4 Å². The molecule has 1 aliphatic heterocycles. The van der Waals surface area contributed by atoms with Crippen LogP contribution in [0.1, 0.15) is 18.4 Å². The Morgan fingerprint density at radius 2 is 1.88 bits per heavy atom. The first-order valence-electron chi connectivity index (χ1n) is 8.41. The molecule has 0 atom stereocenters. The van der Waals surface area contributed by atoms with Gasteiger partial charge in [0.1, 0.15) is 5.75 Å². The average Bonchev–Trinajstić information content (AvgIpc) is 3.08. The Morgan fingerprint density at radius 1 is 1.15 bits per heavy atom. The minimum Gasteiger partial charge on any atom is -0.497 e. The lowest BCUT2D eigenvalue weighted by Gasteiger charge is -2.19. The Hall–Kier alpha value is -2.38. The third-order valence-corrected chi connectivity index (χ3v) is 6.29. The maximum atomic E-state index is 12.8. The lowest BCUT2D eigenvalue weighted by molar-refractivity contribution is -0.117. The van der Waals surface area contributed by atoms with Gasteiger partial charge < -0.3 is 9.64 Å². The molecule has 2 aromatic rings. The molecule has 0 radical (unpaired) electrons. The van der Waals surface area contributed by atoms with Gasteiger partial charge >= 0.3 is 0 Å². The van der Waals surface area contributed by atoms with Crippen molar-refractivity contribution in [3.63, 3.8) is 0 Å². The molecule has 7 heteroatoms. The van der Waals surface area contributed by atoms with E-state index in [0.29, 0.717) is 18.7 Å². The SMILES string of the molecule is COc1cccc(CN(C)S(=O)(=O)c2ccc(N3CCCC3=O)cc2)c1. The van der Waals surface area contributed by atoms with Gasteiger partial charge in [0.15, 0.2) is 0 Å². The van der Waals surface area contributed by atoms with E-state index in [1.807, 2.05) is 24.3 Å². The van der Waals surface area contributed by atoms with Gasteiger partial charge in [-0.15, -0.1) is 0 Å². The number of hydrogen-bond acceptors (Lipinski definition) is 4. The molecular formula is C19H22N2O4S. The number of carbonyl (C=O) groups is 1. The quantitative estimate of drug-likeness (QED) is 0.780. The summed E-state index contributed by atoms with van der Waals surface area (Å²) >= 11 is 0. The minimum absolute atomic E-state index is 0.0794. The Bertz CT molecular complexity index is 894. The number of methoxy groups -OCH3 is 1. The fourth-order valence-electron chi connectivity index (χ4n) is 3.01. The van der Waals surface area contributed by atoms with Gasteiger partial charge in [-0.2, -0.15) is 4.31 Å². The molecule has 1 aliphatic rings. The van der Waals surface area contributed by atoms with Crippen molar-refractivity contribution in [1.82, 2.24) is 4.31 Å². The average molecular weight is 374 g/mol. The second-order valence-corrected chi connectivity index (χ2v) is 8.30. The van der Waals surface area contributed by atoms with Gasteiger partial charge in [0.2, 0.25) is 15.9 Å². The molecule has 0 aliphatic carbocycles. The Balaban J connectivity index is 1.77. The summed E-state index contributed by atoms with van der Waals surface area (Å²) in [5, 5.41) is 0. The Kier molecular flexibility index (Phi) is 5.29. The van der Waals surface area contributed by atoms with Crippen LogP contribution in [0.5, 0.6) is 5.75 Å². The molecule has 0 N–H and O–H groups in total. The molecule has 1 saturated heterocycles. The van der Waals surface area contributed by atoms with E-state index in [0.717, 1.165) is 17.7 Å². The minimum atomic E-state index is -3.62. The van der Waals surface area contributed by atoms with Gasteiger partial charge in [-0.1, -0.05) is 12.1 Å². The van der Waals surface area contributed by atoms with Crippen LogP contribution >= 0.6 is 0 Å². The lowest BCUT2D eigenvalue weighted by atomic mass is 10.2. The second kappa shape index (κ2) is 7.47. The van der Waals surface area contributed by atoms with Crippen LogP contribution in [0.2, 0.25) is 0 Å². The van der Waals surface area contributed by atoms with Crippen LogP contribution in [-0.2, 0) is 21.4 Å². The predicted molar refractivity (Wildman–Crippen MR) is 99.7 cm³/mol. The smallest absolute Gasteiger partial charge is 0.243 e. The van der Waals surface area contributed by atoms with Gasteiger partial charge in [0, 0.05) is 32.2 Å². The van der Waals surface area contributed by atoms with Crippen LogP contribution in [0.15, 0.2) is 53.4 Å². The van der Waals surface area contributed by atoms with Gasteiger partial charge in [0.25, 0.3) is 0 Å². The fraction of sp³-hybridized carbons (Fsp3) is 0.316. The van der Waals surface area contributed by atoms with E-state index in [2.05, 4.69) is 0 Å². The molecule has 26 heavy (non-hydrogen) atoms. The first kappa shape index (κ1) is 18.4. The summed E-state index contributed by atoms with van der Waals surface area (Å²) in [6.45, 7) is 0.923. The van der Waals surface area contributed by atoms with Gasteiger partial charge in [-0.25, -0.2) is 8.42 Å². The summed E-state index contributed by atoms with van der Waals surface area (Å²) in [5.74, 6) is 0.767. The number of carbonyl (C=O) groups excluding carboxylic acids is 1. The van der Waals surface area contributed by atoms with Crippen molar-refractivity contribution >= 4 is 21.6 Å². The molecule has 2 aromatic carbocycles. The number of sulfonamides is 1. The largest absolute Gasteiger partial charge is 0.497 e. The molecule has 1 heterocycles. The van der Waals surface area contributed by atoms with Crippen LogP contribution in [0.3, 0.4) is 0 Å². The van der Waals surface area contributed by atoms with E-state index in [1.165, 1.54) is 4.31 Å². The number of nitrogens with zero attached hydrogens (tertiary/aromatic N) is 2. The normalized spacial score (nSPS) is 14.9. The van der Waals surface area contributed by atoms with Crippen LogP contribution in [0.4, 0.5) is 5.69 Å². The van der Waals surface area contributed by atoms with Crippen LogP contribution in [0.25, 0.3) is 0 Å². The molecular weight excluding hydrogens is 352 g/mol. The van der Waals surface area contributed by atoms with Crippen LogP contribution in [0, 0.1) is 0 Å². The molecule has 1 amide bonds. The molecule has 3 rings (SSSR count). The van der Waals surface area contributed by atoms with Gasteiger partial charge in [0.05, 0.1) is 12.0 Å². The zero-order chi connectivity index (χ0) is 18.7.